The summed E-state index contributed by atoms with van der Waals surface area (Å²) in [5.74, 6) is -0.420. The van der Waals surface area contributed by atoms with Gasteiger partial charge in [0.05, 0.1) is 0 Å². The zero-order valence-electron chi connectivity index (χ0n) is 17.0. The van der Waals surface area contributed by atoms with Crippen LogP contribution in [0.25, 0.3) is 10.8 Å². The van der Waals surface area contributed by atoms with Gasteiger partial charge in [-0.2, -0.15) is 0 Å². The lowest BCUT2D eigenvalue weighted by atomic mass is 9.99. The van der Waals surface area contributed by atoms with Crippen molar-refractivity contribution < 1.29 is 10.1 Å². The number of ketones is 1. The molecule has 0 spiro atoms. The molecule has 3 aromatic rings. The van der Waals surface area contributed by atoms with Crippen molar-refractivity contribution in [3.05, 3.63) is 74.4 Å². The summed E-state index contributed by atoms with van der Waals surface area (Å²) in [6.07, 6.45) is 0.667. The smallest absolute Gasteiger partial charge is 0.332 e. The number of aromatic nitrogens is 2. The molecule has 0 aliphatic rings. The Kier molecular flexibility index (Phi) is 5.98. The fourth-order valence-corrected chi connectivity index (χ4v) is 3.65. The number of carbonyl (C=O) groups excluding carboxylic acids is 1. The van der Waals surface area contributed by atoms with Crippen molar-refractivity contribution in [1.29, 1.82) is 0 Å². The standard InChI is InChI=1S/C22H26N4O3/c1-4-12-26-20(23)19(21(28)25(3)22(26)29)18(27)13-24-14(2)16-11-7-9-15-8-5-6-10-17(15)16/h5-11,14,24H,4,12-13,23H2,1-3H3/p+1/t14-/m1/s1. The van der Waals surface area contributed by atoms with E-state index in [2.05, 4.69) is 18.2 Å². The molecule has 0 bridgehead atoms. The second kappa shape index (κ2) is 8.45. The van der Waals surface area contributed by atoms with Crippen LogP contribution in [-0.4, -0.2) is 21.5 Å². The summed E-state index contributed by atoms with van der Waals surface area (Å²) >= 11 is 0. The van der Waals surface area contributed by atoms with E-state index in [-0.39, 0.29) is 29.8 Å². The number of quaternary nitrogens is 1. The van der Waals surface area contributed by atoms with Crippen LogP contribution in [0, 0.1) is 0 Å². The number of nitrogens with two attached hydrogens (primary N) is 2. The third kappa shape index (κ3) is 3.86. The van der Waals surface area contributed by atoms with E-state index >= 15 is 0 Å². The van der Waals surface area contributed by atoms with Gasteiger partial charge in [-0.25, -0.2) is 4.79 Å². The number of anilines is 1. The van der Waals surface area contributed by atoms with Gasteiger partial charge in [-0.15, -0.1) is 0 Å². The number of fused-ring (bicyclic) bond motifs is 1. The van der Waals surface area contributed by atoms with Gasteiger partial charge in [-0.3, -0.25) is 18.7 Å². The van der Waals surface area contributed by atoms with Gasteiger partial charge in [0.2, 0.25) is 5.78 Å². The Bertz CT molecular complexity index is 1170. The van der Waals surface area contributed by atoms with Crippen LogP contribution in [0.2, 0.25) is 0 Å². The first kappa shape index (κ1) is 20.5. The molecular formula is C22H27N4O3+. The highest BCUT2D eigenvalue weighted by Crippen LogP contribution is 2.22. The van der Waals surface area contributed by atoms with Crippen molar-refractivity contribution in [2.24, 2.45) is 7.05 Å². The molecule has 0 radical (unpaired) electrons. The molecule has 1 heterocycles. The SMILES string of the molecule is CCCn1c(N)c(C(=O)C[NH2+][C@H](C)c2cccc3ccccc23)c(=O)n(C)c1=O. The first-order valence-electron chi connectivity index (χ1n) is 9.80. The molecule has 152 valence electrons. The Hall–Kier alpha value is -3.19. The van der Waals surface area contributed by atoms with Crippen molar-refractivity contribution >= 4 is 22.4 Å². The fraction of sp³-hybridized carbons (Fsp3) is 0.318. The monoisotopic (exact) mass is 395 g/mol. The fourth-order valence-electron chi connectivity index (χ4n) is 3.65. The maximum Gasteiger partial charge on any atom is 0.332 e. The van der Waals surface area contributed by atoms with Crippen LogP contribution in [0.15, 0.2) is 52.1 Å². The van der Waals surface area contributed by atoms with Gasteiger partial charge in [0.1, 0.15) is 24.0 Å². The minimum Gasteiger partial charge on any atom is -0.384 e. The van der Waals surface area contributed by atoms with Crippen molar-refractivity contribution in [2.75, 3.05) is 12.3 Å². The molecule has 2 aromatic carbocycles. The van der Waals surface area contributed by atoms with Gasteiger partial charge in [0.15, 0.2) is 0 Å². The predicted molar refractivity (Wildman–Crippen MR) is 114 cm³/mol. The van der Waals surface area contributed by atoms with E-state index in [9.17, 15) is 14.4 Å². The van der Waals surface area contributed by atoms with Gasteiger partial charge in [-0.05, 0) is 24.1 Å². The Balaban J connectivity index is 1.88. The molecule has 7 nitrogen and oxygen atoms in total. The Morgan fingerprint density at radius 1 is 1.14 bits per heavy atom. The van der Waals surface area contributed by atoms with E-state index < -0.39 is 11.2 Å². The molecule has 0 fully saturated rings. The summed E-state index contributed by atoms with van der Waals surface area (Å²) in [5.41, 5.74) is 5.91. The first-order valence-corrected chi connectivity index (χ1v) is 9.80. The van der Waals surface area contributed by atoms with Crippen LogP contribution in [-0.2, 0) is 13.6 Å². The summed E-state index contributed by atoms with van der Waals surface area (Å²) in [4.78, 5) is 37.7. The number of nitrogens with zero attached hydrogens (tertiary/aromatic N) is 2. The van der Waals surface area contributed by atoms with Gasteiger partial charge in [0, 0.05) is 19.2 Å². The average Bonchev–Trinajstić information content (AvgIpc) is 2.73. The molecule has 4 N–H and O–H groups in total. The molecule has 0 saturated carbocycles. The number of Topliss-reactive ketones (excluding diaryl/α,β-unsaturated/α-hetero) is 1. The van der Waals surface area contributed by atoms with Crippen LogP contribution in [0.5, 0.6) is 0 Å². The Morgan fingerprint density at radius 2 is 1.83 bits per heavy atom. The van der Waals surface area contributed by atoms with Crippen molar-refractivity contribution in [3.8, 4) is 0 Å². The van der Waals surface area contributed by atoms with Crippen molar-refractivity contribution in [2.45, 2.75) is 32.9 Å². The Labute approximate surface area is 168 Å². The Morgan fingerprint density at radius 3 is 2.55 bits per heavy atom. The first-order chi connectivity index (χ1) is 13.9. The molecule has 0 saturated heterocycles. The molecule has 7 heteroatoms. The third-order valence-corrected chi connectivity index (χ3v) is 5.28. The average molecular weight is 395 g/mol. The van der Waals surface area contributed by atoms with E-state index in [1.54, 1.807) is 0 Å². The van der Waals surface area contributed by atoms with E-state index in [1.165, 1.54) is 11.6 Å². The number of rotatable bonds is 7. The van der Waals surface area contributed by atoms with Gasteiger partial charge in [0.25, 0.3) is 5.56 Å². The zero-order chi connectivity index (χ0) is 21.1. The van der Waals surface area contributed by atoms with Crippen LogP contribution < -0.4 is 22.3 Å². The topological polar surface area (TPSA) is 104 Å². The molecule has 1 aromatic heterocycles. The molecule has 0 aliphatic carbocycles. The zero-order valence-corrected chi connectivity index (χ0v) is 17.0. The lowest BCUT2D eigenvalue weighted by molar-refractivity contribution is -0.681. The highest BCUT2D eigenvalue weighted by atomic mass is 16.2. The number of carbonyl (C=O) groups is 1. The molecule has 3 rings (SSSR count). The minimum absolute atomic E-state index is 0.0108. The molecule has 0 amide bonds. The second-order valence-corrected chi connectivity index (χ2v) is 7.28. The second-order valence-electron chi connectivity index (χ2n) is 7.28. The van der Waals surface area contributed by atoms with Crippen LogP contribution in [0.4, 0.5) is 5.82 Å². The molecule has 29 heavy (non-hydrogen) atoms. The summed E-state index contributed by atoms with van der Waals surface area (Å²) in [5, 5.41) is 4.16. The molecule has 0 unspecified atom stereocenters. The summed E-state index contributed by atoms with van der Waals surface area (Å²) in [6, 6.07) is 14.2. The van der Waals surface area contributed by atoms with E-state index in [0.717, 1.165) is 20.9 Å². The largest absolute Gasteiger partial charge is 0.384 e. The highest BCUT2D eigenvalue weighted by molar-refractivity contribution is 6.00. The van der Waals surface area contributed by atoms with Crippen LogP contribution in [0.3, 0.4) is 0 Å². The minimum atomic E-state index is -0.643. The molecule has 1 atom stereocenters. The van der Waals surface area contributed by atoms with Gasteiger partial charge in [-0.1, -0.05) is 49.4 Å². The van der Waals surface area contributed by atoms with Crippen molar-refractivity contribution in [3.63, 3.8) is 0 Å². The lowest BCUT2D eigenvalue weighted by Crippen LogP contribution is -2.86. The number of hydrogen-bond acceptors (Lipinski definition) is 4. The predicted octanol–water partition coefficient (Wildman–Crippen LogP) is 1.20. The van der Waals surface area contributed by atoms with Crippen molar-refractivity contribution in [1.82, 2.24) is 9.13 Å². The van der Waals surface area contributed by atoms with Gasteiger partial charge < -0.3 is 11.1 Å². The summed E-state index contributed by atoms with van der Waals surface area (Å²) < 4.78 is 2.25. The number of hydrogen-bond donors (Lipinski definition) is 2. The van der Waals surface area contributed by atoms with E-state index in [4.69, 9.17) is 5.73 Å². The van der Waals surface area contributed by atoms with Crippen LogP contribution in [0.1, 0.15) is 42.2 Å². The van der Waals surface area contributed by atoms with E-state index in [1.807, 2.05) is 43.4 Å². The normalized spacial score (nSPS) is 12.2. The molecule has 0 aliphatic heterocycles. The van der Waals surface area contributed by atoms with Gasteiger partial charge >= 0.3 is 5.69 Å². The highest BCUT2D eigenvalue weighted by Gasteiger charge is 2.23. The lowest BCUT2D eigenvalue weighted by Gasteiger charge is -2.15. The number of nitrogen functional groups attached to an aromatic ring is 1. The third-order valence-electron chi connectivity index (χ3n) is 5.28. The van der Waals surface area contributed by atoms with Crippen LogP contribution >= 0.6 is 0 Å². The number of benzene rings is 2. The summed E-state index contributed by atoms with van der Waals surface area (Å²) in [6.45, 7) is 4.34. The van der Waals surface area contributed by atoms with E-state index in [0.29, 0.717) is 13.0 Å². The quantitative estimate of drug-likeness (QED) is 0.587. The summed E-state index contributed by atoms with van der Waals surface area (Å²) in [7, 11) is 1.37. The maximum atomic E-state index is 12.9. The molecular weight excluding hydrogens is 368 g/mol. The maximum absolute atomic E-state index is 12.9.